The lowest BCUT2D eigenvalue weighted by molar-refractivity contribution is 0.0287. The lowest BCUT2D eigenvalue weighted by Crippen LogP contribution is -2.33. The summed E-state index contributed by atoms with van der Waals surface area (Å²) < 4.78 is 11.2. The highest BCUT2D eigenvalue weighted by Crippen LogP contribution is 2.29. The van der Waals surface area contributed by atoms with Gasteiger partial charge < -0.3 is 29.9 Å². The Morgan fingerprint density at radius 2 is 1.92 bits per heavy atom. The molecule has 2 aromatic carbocycles. The molecule has 0 fully saturated rings. The summed E-state index contributed by atoms with van der Waals surface area (Å²) in [5, 5.41) is 0. The Bertz CT molecular complexity index is 1250. The molecule has 3 aromatic rings. The number of primary amides is 1. The normalized spacial score (nSPS) is 14.0. The molecule has 0 saturated carbocycles. The summed E-state index contributed by atoms with van der Waals surface area (Å²) in [6.45, 7) is 1.74. The van der Waals surface area contributed by atoms with E-state index in [0.717, 1.165) is 16.8 Å². The van der Waals surface area contributed by atoms with Crippen molar-refractivity contribution in [3.63, 3.8) is 0 Å². The fourth-order valence-corrected chi connectivity index (χ4v) is 4.34. The molecule has 10 nitrogen and oxygen atoms in total. The summed E-state index contributed by atoms with van der Waals surface area (Å²) >= 11 is 0. The zero-order valence-corrected chi connectivity index (χ0v) is 22.0. The molecule has 1 aromatic heterocycles. The molecule has 0 saturated heterocycles. The maximum atomic E-state index is 13.6. The van der Waals surface area contributed by atoms with E-state index in [4.69, 9.17) is 15.2 Å². The second-order valence-electron chi connectivity index (χ2n) is 9.37. The van der Waals surface area contributed by atoms with E-state index in [1.807, 2.05) is 85.5 Å². The highest BCUT2D eigenvalue weighted by atomic mass is 16.5. The summed E-state index contributed by atoms with van der Waals surface area (Å²) in [5.74, 6) is 1.05. The molecule has 4 rings (SSSR count). The SMILES string of the molecule is CN(C)c1ncc2c(n1)N(C)CCN(c1cccc(CO[C@H](CCCOC(N)=O)c3ccccc3)c1)C2=O. The minimum Gasteiger partial charge on any atom is -0.450 e. The summed E-state index contributed by atoms with van der Waals surface area (Å²) in [5.41, 5.74) is 8.32. The minimum absolute atomic E-state index is 0.135. The van der Waals surface area contributed by atoms with Gasteiger partial charge in [-0.1, -0.05) is 42.5 Å². The van der Waals surface area contributed by atoms with Crippen LogP contribution in [0.4, 0.5) is 22.2 Å². The molecule has 2 heterocycles. The van der Waals surface area contributed by atoms with Crippen LogP contribution in [0.2, 0.25) is 0 Å². The maximum Gasteiger partial charge on any atom is 0.404 e. The van der Waals surface area contributed by atoms with Crippen LogP contribution in [0.3, 0.4) is 0 Å². The molecule has 0 unspecified atom stereocenters. The van der Waals surface area contributed by atoms with Crippen molar-refractivity contribution in [3.05, 3.63) is 77.5 Å². The van der Waals surface area contributed by atoms with E-state index in [0.29, 0.717) is 49.9 Å². The summed E-state index contributed by atoms with van der Waals surface area (Å²) in [6.07, 6.45) is 1.93. The van der Waals surface area contributed by atoms with Crippen molar-refractivity contribution in [3.8, 4) is 0 Å². The summed E-state index contributed by atoms with van der Waals surface area (Å²) in [4.78, 5) is 39.0. The molecule has 2 N–H and O–H groups in total. The van der Waals surface area contributed by atoms with Crippen molar-refractivity contribution in [2.24, 2.45) is 5.73 Å². The van der Waals surface area contributed by atoms with Crippen molar-refractivity contribution in [1.82, 2.24) is 9.97 Å². The van der Waals surface area contributed by atoms with Crippen LogP contribution in [0.25, 0.3) is 0 Å². The van der Waals surface area contributed by atoms with Crippen LogP contribution in [0, 0.1) is 0 Å². The van der Waals surface area contributed by atoms with E-state index in [2.05, 4.69) is 9.97 Å². The van der Waals surface area contributed by atoms with Gasteiger partial charge in [0.2, 0.25) is 5.95 Å². The number of nitrogens with two attached hydrogens (primary N) is 1. The van der Waals surface area contributed by atoms with Gasteiger partial charge in [0.1, 0.15) is 11.4 Å². The Labute approximate surface area is 223 Å². The molecular weight excluding hydrogens is 484 g/mol. The number of hydrogen-bond acceptors (Lipinski definition) is 8. The standard InChI is InChI=1S/C28H34N6O4/c1-32(2)28-30-18-23-25(31-28)33(3)14-15-34(26(23)35)22-12-7-9-20(17-22)19-38-24(13-8-16-37-27(29)36)21-10-5-4-6-11-21/h4-7,9-12,17-18,24H,8,13-16,19H2,1-3H3,(H2,29,36)/t24-/m1/s1. The van der Waals surface area contributed by atoms with E-state index in [-0.39, 0.29) is 18.6 Å². The third-order valence-electron chi connectivity index (χ3n) is 6.35. The Balaban J connectivity index is 1.49. The van der Waals surface area contributed by atoms with Crippen molar-refractivity contribution in [1.29, 1.82) is 0 Å². The second-order valence-corrected chi connectivity index (χ2v) is 9.37. The smallest absolute Gasteiger partial charge is 0.404 e. The number of ether oxygens (including phenoxy) is 2. The van der Waals surface area contributed by atoms with Gasteiger partial charge in [-0.25, -0.2) is 9.78 Å². The van der Waals surface area contributed by atoms with Gasteiger partial charge in [0.05, 0.1) is 19.3 Å². The quantitative estimate of drug-likeness (QED) is 0.404. The highest BCUT2D eigenvalue weighted by molar-refractivity contribution is 6.09. The number of anilines is 3. The molecule has 1 aliphatic heterocycles. The predicted molar refractivity (Wildman–Crippen MR) is 146 cm³/mol. The topological polar surface area (TPSA) is 114 Å². The summed E-state index contributed by atoms with van der Waals surface area (Å²) in [6, 6.07) is 17.8. The number of benzene rings is 2. The molecule has 0 bridgehead atoms. The van der Waals surface area contributed by atoms with Crippen LogP contribution in [0.15, 0.2) is 60.8 Å². The molecule has 1 atom stereocenters. The zero-order valence-electron chi connectivity index (χ0n) is 22.0. The first-order valence-electron chi connectivity index (χ1n) is 12.6. The highest BCUT2D eigenvalue weighted by Gasteiger charge is 2.28. The van der Waals surface area contributed by atoms with Crippen LogP contribution >= 0.6 is 0 Å². The number of carbonyl (C=O) groups excluding carboxylic acids is 2. The third kappa shape index (κ3) is 6.57. The van der Waals surface area contributed by atoms with Crippen molar-refractivity contribution in [2.75, 3.05) is 55.5 Å². The minimum atomic E-state index is -0.777. The molecule has 0 spiro atoms. The maximum absolute atomic E-state index is 13.6. The number of likely N-dealkylation sites (N-methyl/N-ethyl adjacent to an activating group) is 1. The lowest BCUT2D eigenvalue weighted by Gasteiger charge is -2.22. The van der Waals surface area contributed by atoms with Gasteiger partial charge >= 0.3 is 6.09 Å². The zero-order chi connectivity index (χ0) is 27.1. The Morgan fingerprint density at radius 3 is 2.66 bits per heavy atom. The van der Waals surface area contributed by atoms with Gasteiger partial charge in [-0.05, 0) is 36.1 Å². The Kier molecular flexibility index (Phi) is 8.75. The molecule has 0 radical (unpaired) electrons. The van der Waals surface area contributed by atoms with Gasteiger partial charge in [0.15, 0.2) is 0 Å². The molecule has 200 valence electrons. The van der Waals surface area contributed by atoms with Crippen LogP contribution in [0.5, 0.6) is 0 Å². The molecular formula is C28H34N6O4. The average Bonchev–Trinajstić information content (AvgIpc) is 3.04. The summed E-state index contributed by atoms with van der Waals surface area (Å²) in [7, 11) is 5.68. The van der Waals surface area contributed by atoms with E-state index >= 15 is 0 Å². The van der Waals surface area contributed by atoms with E-state index < -0.39 is 6.09 Å². The van der Waals surface area contributed by atoms with Crippen molar-refractivity contribution in [2.45, 2.75) is 25.6 Å². The van der Waals surface area contributed by atoms with Crippen LogP contribution in [-0.4, -0.2) is 62.8 Å². The van der Waals surface area contributed by atoms with E-state index in [1.165, 1.54) is 0 Å². The van der Waals surface area contributed by atoms with Gasteiger partial charge in [0.25, 0.3) is 5.91 Å². The van der Waals surface area contributed by atoms with E-state index in [1.54, 1.807) is 11.1 Å². The lowest BCUT2D eigenvalue weighted by atomic mass is 10.0. The number of nitrogens with zero attached hydrogens (tertiary/aromatic N) is 5. The molecule has 0 aliphatic carbocycles. The Morgan fingerprint density at radius 1 is 1.13 bits per heavy atom. The van der Waals surface area contributed by atoms with Crippen LogP contribution in [0.1, 0.15) is 40.4 Å². The number of fused-ring (bicyclic) bond motifs is 1. The van der Waals surface area contributed by atoms with E-state index in [9.17, 15) is 9.59 Å². The fourth-order valence-electron chi connectivity index (χ4n) is 4.34. The second kappa shape index (κ2) is 12.4. The number of amides is 2. The predicted octanol–water partition coefficient (Wildman–Crippen LogP) is 3.77. The number of hydrogen-bond donors (Lipinski definition) is 1. The molecule has 38 heavy (non-hydrogen) atoms. The number of rotatable bonds is 10. The van der Waals surface area contributed by atoms with Gasteiger partial charge in [-0.3, -0.25) is 4.79 Å². The molecule has 10 heteroatoms. The van der Waals surface area contributed by atoms with Crippen molar-refractivity contribution >= 4 is 29.5 Å². The van der Waals surface area contributed by atoms with Gasteiger partial charge in [0, 0.05) is 46.1 Å². The first-order chi connectivity index (χ1) is 18.3. The monoisotopic (exact) mass is 518 g/mol. The first-order valence-corrected chi connectivity index (χ1v) is 12.6. The third-order valence-corrected chi connectivity index (χ3v) is 6.35. The largest absolute Gasteiger partial charge is 0.450 e. The van der Waals surface area contributed by atoms with Gasteiger partial charge in [-0.15, -0.1) is 0 Å². The number of aromatic nitrogens is 2. The van der Waals surface area contributed by atoms with Crippen molar-refractivity contribution < 1.29 is 19.1 Å². The fraction of sp³-hybridized carbons (Fsp3) is 0.357. The number of carbonyl (C=O) groups is 2. The van der Waals surface area contributed by atoms with Crippen LogP contribution < -0.4 is 20.4 Å². The molecule has 2 amide bonds. The molecule has 1 aliphatic rings. The first kappa shape index (κ1) is 26.9. The average molecular weight is 519 g/mol. The van der Waals surface area contributed by atoms with Gasteiger partial charge in [-0.2, -0.15) is 4.98 Å². The Hall–Kier alpha value is -4.18. The van der Waals surface area contributed by atoms with Crippen LogP contribution in [-0.2, 0) is 16.1 Å².